The number of ether oxygens (including phenoxy) is 1. The molecule has 7 nitrogen and oxygen atoms in total. The predicted octanol–water partition coefficient (Wildman–Crippen LogP) is 2.65. The summed E-state index contributed by atoms with van der Waals surface area (Å²) in [5.74, 6) is 0.0635. The van der Waals surface area contributed by atoms with Crippen LogP contribution in [0, 0.1) is 5.82 Å². The number of benzene rings is 1. The second-order valence-corrected chi connectivity index (χ2v) is 6.29. The van der Waals surface area contributed by atoms with E-state index >= 15 is 0 Å². The lowest BCUT2D eigenvalue weighted by molar-refractivity contribution is -0.0419. The van der Waals surface area contributed by atoms with Gasteiger partial charge in [0.1, 0.15) is 5.82 Å². The summed E-state index contributed by atoms with van der Waals surface area (Å²) >= 11 is 0. The van der Waals surface area contributed by atoms with E-state index in [0.29, 0.717) is 23.5 Å². The third-order valence-corrected chi connectivity index (χ3v) is 4.54. The van der Waals surface area contributed by atoms with Crippen LogP contribution < -0.4 is 5.32 Å². The van der Waals surface area contributed by atoms with Gasteiger partial charge in [-0.05, 0) is 37.1 Å². The van der Waals surface area contributed by atoms with E-state index in [2.05, 4.69) is 15.4 Å². The highest BCUT2D eigenvalue weighted by Gasteiger charge is 2.22. The zero-order valence-electron chi connectivity index (χ0n) is 14.0. The van der Waals surface area contributed by atoms with Crippen molar-refractivity contribution in [3.05, 3.63) is 48.0 Å². The summed E-state index contributed by atoms with van der Waals surface area (Å²) in [6, 6.07) is 6.09. The molecule has 4 rings (SSSR count). The van der Waals surface area contributed by atoms with E-state index in [1.165, 1.54) is 30.6 Å². The average Bonchev–Trinajstić information content (AvgIpc) is 3.00. The van der Waals surface area contributed by atoms with Crippen LogP contribution in [0.2, 0.25) is 0 Å². The maximum atomic E-state index is 13.8. The average molecular weight is 358 g/mol. The molecule has 136 valence electrons. The van der Waals surface area contributed by atoms with Crippen LogP contribution in [0.5, 0.6) is 0 Å². The molecule has 0 amide bonds. The van der Waals surface area contributed by atoms with Crippen molar-refractivity contribution in [1.82, 2.24) is 14.8 Å². The van der Waals surface area contributed by atoms with Gasteiger partial charge in [0.25, 0.3) is 0 Å². The first kappa shape index (κ1) is 16.9. The highest BCUT2D eigenvalue weighted by molar-refractivity contribution is 5.92. The Morgan fingerprint density at radius 3 is 2.96 bits per heavy atom. The summed E-state index contributed by atoms with van der Waals surface area (Å²) in [6.07, 6.45) is 3.16. The molecule has 8 heteroatoms. The Balaban J connectivity index is 1.79. The number of hydrogen-bond acceptors (Lipinski definition) is 6. The highest BCUT2D eigenvalue weighted by Crippen LogP contribution is 2.32. The topological polar surface area (TPSA) is 92.4 Å². The van der Waals surface area contributed by atoms with E-state index in [9.17, 15) is 14.6 Å². The Bertz CT molecular complexity index is 922. The number of anilines is 2. The van der Waals surface area contributed by atoms with E-state index in [-0.39, 0.29) is 17.4 Å². The lowest BCUT2D eigenvalue weighted by Crippen LogP contribution is -2.22. The smallest absolute Gasteiger partial charge is 0.180 e. The Hall–Kier alpha value is -2.55. The van der Waals surface area contributed by atoms with Crippen LogP contribution in [0.15, 0.2) is 36.7 Å². The summed E-state index contributed by atoms with van der Waals surface area (Å²) in [5.41, 5.74) is 1.46. The minimum absolute atomic E-state index is 0.0732. The number of fused-ring (bicyclic) bond motifs is 1. The first-order valence-corrected chi connectivity index (χ1v) is 8.46. The summed E-state index contributed by atoms with van der Waals surface area (Å²) in [6.45, 7) is 1.30. The Labute approximate surface area is 149 Å². The van der Waals surface area contributed by atoms with E-state index in [0.717, 1.165) is 25.0 Å². The standard InChI is InChI=1S/C18H19FN4O3/c19-11-3-4-16-14(8-11)17(22-23(16)12-2-1-7-26-10-12)21-15-9-20-6-5-13(15)18(24)25/h3-6,8-9,12,18,24-25H,1-2,7,10H2,(H,21,22). The predicted molar refractivity (Wildman–Crippen MR) is 93.5 cm³/mol. The Morgan fingerprint density at radius 1 is 1.31 bits per heavy atom. The first-order chi connectivity index (χ1) is 12.6. The molecular formula is C18H19FN4O3. The maximum absolute atomic E-state index is 13.8. The third kappa shape index (κ3) is 3.14. The number of nitrogens with one attached hydrogen (secondary N) is 1. The lowest BCUT2D eigenvalue weighted by atomic mass is 10.1. The minimum atomic E-state index is -1.66. The fraction of sp³-hybridized carbons (Fsp3) is 0.333. The lowest BCUT2D eigenvalue weighted by Gasteiger charge is -2.23. The van der Waals surface area contributed by atoms with Crippen molar-refractivity contribution in [3.8, 4) is 0 Å². The Morgan fingerprint density at radius 2 is 2.19 bits per heavy atom. The van der Waals surface area contributed by atoms with Gasteiger partial charge in [-0.3, -0.25) is 9.67 Å². The van der Waals surface area contributed by atoms with Gasteiger partial charge in [-0.1, -0.05) is 0 Å². The van der Waals surface area contributed by atoms with Crippen molar-refractivity contribution in [2.45, 2.75) is 25.2 Å². The summed E-state index contributed by atoms with van der Waals surface area (Å²) in [4.78, 5) is 4.00. The second kappa shape index (κ2) is 6.99. The van der Waals surface area contributed by atoms with Crippen LogP contribution in [0.25, 0.3) is 10.9 Å². The van der Waals surface area contributed by atoms with Crippen LogP contribution >= 0.6 is 0 Å². The zero-order chi connectivity index (χ0) is 18.1. The highest BCUT2D eigenvalue weighted by atomic mass is 19.1. The van der Waals surface area contributed by atoms with Gasteiger partial charge in [-0.15, -0.1) is 0 Å². The molecule has 0 spiro atoms. The first-order valence-electron chi connectivity index (χ1n) is 8.46. The normalized spacial score (nSPS) is 17.8. The molecule has 1 aliphatic heterocycles. The number of halogens is 1. The third-order valence-electron chi connectivity index (χ3n) is 4.54. The van der Waals surface area contributed by atoms with Crippen molar-refractivity contribution in [2.24, 2.45) is 0 Å². The number of nitrogens with zero attached hydrogens (tertiary/aromatic N) is 3. The van der Waals surface area contributed by atoms with E-state index in [1.807, 2.05) is 4.68 Å². The molecule has 1 saturated heterocycles. The molecule has 0 saturated carbocycles. The van der Waals surface area contributed by atoms with Crippen molar-refractivity contribution in [3.63, 3.8) is 0 Å². The summed E-state index contributed by atoms with van der Waals surface area (Å²) in [5, 5.41) is 27.4. The van der Waals surface area contributed by atoms with Gasteiger partial charge in [-0.2, -0.15) is 5.10 Å². The largest absolute Gasteiger partial charge is 0.379 e. The van der Waals surface area contributed by atoms with Crippen molar-refractivity contribution < 1.29 is 19.3 Å². The molecule has 1 aliphatic rings. The van der Waals surface area contributed by atoms with Crippen LogP contribution in [0.3, 0.4) is 0 Å². The minimum Gasteiger partial charge on any atom is -0.379 e. The molecule has 3 N–H and O–H groups in total. The molecule has 0 radical (unpaired) electrons. The van der Waals surface area contributed by atoms with Gasteiger partial charge in [0.15, 0.2) is 12.1 Å². The van der Waals surface area contributed by atoms with E-state index in [1.54, 1.807) is 6.07 Å². The zero-order valence-corrected chi connectivity index (χ0v) is 14.0. The number of rotatable bonds is 4. The molecule has 0 aliphatic carbocycles. The molecule has 1 unspecified atom stereocenters. The van der Waals surface area contributed by atoms with Crippen LogP contribution in [-0.4, -0.2) is 38.2 Å². The number of aliphatic hydroxyl groups excluding tert-OH is 1. The molecule has 0 bridgehead atoms. The van der Waals surface area contributed by atoms with E-state index < -0.39 is 6.29 Å². The fourth-order valence-electron chi connectivity index (χ4n) is 3.26. The van der Waals surface area contributed by atoms with Gasteiger partial charge < -0.3 is 20.3 Å². The van der Waals surface area contributed by atoms with Gasteiger partial charge in [0.05, 0.1) is 30.0 Å². The molecule has 1 aromatic carbocycles. The molecule has 3 aromatic rings. The number of pyridine rings is 1. The van der Waals surface area contributed by atoms with Gasteiger partial charge >= 0.3 is 0 Å². The molecule has 1 fully saturated rings. The van der Waals surface area contributed by atoms with Crippen LogP contribution in [-0.2, 0) is 4.74 Å². The van der Waals surface area contributed by atoms with Gasteiger partial charge in [0.2, 0.25) is 0 Å². The maximum Gasteiger partial charge on any atom is 0.180 e. The molecule has 2 aromatic heterocycles. The molecular weight excluding hydrogens is 339 g/mol. The Kier molecular flexibility index (Phi) is 4.54. The van der Waals surface area contributed by atoms with E-state index in [4.69, 9.17) is 4.74 Å². The monoisotopic (exact) mass is 358 g/mol. The van der Waals surface area contributed by atoms with Crippen molar-refractivity contribution >= 4 is 22.4 Å². The van der Waals surface area contributed by atoms with Crippen LogP contribution in [0.1, 0.15) is 30.7 Å². The van der Waals surface area contributed by atoms with Gasteiger partial charge in [0, 0.05) is 23.8 Å². The SMILES string of the molecule is OC(O)c1ccncc1Nc1nn(C2CCCOC2)c2ccc(F)cc12. The van der Waals surface area contributed by atoms with Crippen molar-refractivity contribution in [2.75, 3.05) is 18.5 Å². The molecule has 26 heavy (non-hydrogen) atoms. The van der Waals surface area contributed by atoms with Crippen molar-refractivity contribution in [1.29, 1.82) is 0 Å². The summed E-state index contributed by atoms with van der Waals surface area (Å²) in [7, 11) is 0. The number of aliphatic hydroxyl groups is 2. The molecule has 3 heterocycles. The van der Waals surface area contributed by atoms with Crippen LogP contribution in [0.4, 0.5) is 15.9 Å². The summed E-state index contributed by atoms with van der Waals surface area (Å²) < 4.78 is 21.2. The number of aromatic nitrogens is 3. The van der Waals surface area contributed by atoms with Gasteiger partial charge in [-0.25, -0.2) is 4.39 Å². The second-order valence-electron chi connectivity index (χ2n) is 6.29. The fourth-order valence-corrected chi connectivity index (χ4v) is 3.26. The quantitative estimate of drug-likeness (QED) is 0.621. The molecule has 1 atom stereocenters. The number of hydrogen-bond donors (Lipinski definition) is 3.